The number of thiazole rings is 1. The number of aromatic nitrogens is 1. The lowest BCUT2D eigenvalue weighted by Gasteiger charge is -2.23. The van der Waals surface area contributed by atoms with Gasteiger partial charge in [-0.3, -0.25) is 14.5 Å². The van der Waals surface area contributed by atoms with Crippen molar-refractivity contribution in [3.8, 4) is 23.0 Å². The molecule has 3 heterocycles. The van der Waals surface area contributed by atoms with Crippen molar-refractivity contribution in [2.45, 2.75) is 13.0 Å². The highest BCUT2D eigenvalue weighted by Gasteiger charge is 2.48. The number of carbonyl (C=O) groups is 2. The van der Waals surface area contributed by atoms with Crippen LogP contribution in [0.25, 0.3) is 16.0 Å². The third-order valence-corrected chi connectivity index (χ3v) is 7.35. The SMILES string of the molecule is CCOc1ccc2nc(N3C(=O)C(=O)/C(=C(/O)c4ccc5c(c4)OCCO5)C3c3ccc(O)cc3)sc2c1. The van der Waals surface area contributed by atoms with E-state index in [0.717, 1.165) is 4.70 Å². The zero-order valence-electron chi connectivity index (χ0n) is 20.2. The molecule has 4 aromatic rings. The number of hydrogen-bond acceptors (Lipinski definition) is 9. The number of benzene rings is 3. The number of aliphatic hydroxyl groups is 1. The molecule has 0 bridgehead atoms. The molecule has 0 radical (unpaired) electrons. The van der Waals surface area contributed by atoms with Crippen LogP contribution in [-0.2, 0) is 9.59 Å². The van der Waals surface area contributed by atoms with Crippen LogP contribution >= 0.6 is 11.3 Å². The van der Waals surface area contributed by atoms with Gasteiger partial charge in [0.2, 0.25) is 0 Å². The molecular weight excluding hydrogens is 508 g/mol. The molecule has 9 nitrogen and oxygen atoms in total. The Bertz CT molecular complexity index is 1610. The maximum atomic E-state index is 13.5. The molecule has 6 rings (SSSR count). The number of ketones is 1. The summed E-state index contributed by atoms with van der Waals surface area (Å²) in [6, 6.07) is 15.4. The highest BCUT2D eigenvalue weighted by Crippen LogP contribution is 2.45. The van der Waals surface area contributed by atoms with Crippen LogP contribution in [0, 0.1) is 0 Å². The highest BCUT2D eigenvalue weighted by molar-refractivity contribution is 7.22. The minimum atomic E-state index is -0.976. The third-order valence-electron chi connectivity index (χ3n) is 6.33. The van der Waals surface area contributed by atoms with Crippen LogP contribution in [-0.4, -0.2) is 46.7 Å². The summed E-state index contributed by atoms with van der Waals surface area (Å²) in [5.74, 6) is -0.334. The van der Waals surface area contributed by atoms with Crippen molar-refractivity contribution >= 4 is 44.1 Å². The van der Waals surface area contributed by atoms with Crippen molar-refractivity contribution < 1.29 is 34.0 Å². The van der Waals surface area contributed by atoms with E-state index in [-0.39, 0.29) is 17.1 Å². The largest absolute Gasteiger partial charge is 0.508 e. The molecule has 192 valence electrons. The van der Waals surface area contributed by atoms with Crippen molar-refractivity contribution in [3.05, 3.63) is 77.4 Å². The summed E-state index contributed by atoms with van der Waals surface area (Å²) in [6.45, 7) is 3.17. The van der Waals surface area contributed by atoms with E-state index < -0.39 is 17.7 Å². The molecule has 1 amide bonds. The lowest BCUT2D eigenvalue weighted by Crippen LogP contribution is -2.29. The second-order valence-corrected chi connectivity index (χ2v) is 9.69. The molecule has 38 heavy (non-hydrogen) atoms. The summed E-state index contributed by atoms with van der Waals surface area (Å²) in [6.07, 6.45) is 0. The molecule has 0 aliphatic carbocycles. The van der Waals surface area contributed by atoms with Gasteiger partial charge in [0.15, 0.2) is 16.6 Å². The molecule has 1 atom stereocenters. The number of hydrogen-bond donors (Lipinski definition) is 2. The van der Waals surface area contributed by atoms with Crippen molar-refractivity contribution in [1.82, 2.24) is 4.98 Å². The third kappa shape index (κ3) is 3.99. The van der Waals surface area contributed by atoms with Crippen LogP contribution in [0.3, 0.4) is 0 Å². The number of phenols is 1. The van der Waals surface area contributed by atoms with E-state index in [9.17, 15) is 19.8 Å². The van der Waals surface area contributed by atoms with E-state index in [4.69, 9.17) is 14.2 Å². The van der Waals surface area contributed by atoms with Gasteiger partial charge in [0.1, 0.15) is 30.5 Å². The number of Topliss-reactive ketones (excluding diaryl/α,β-unsaturated/α-hetero) is 1. The summed E-state index contributed by atoms with van der Waals surface area (Å²) < 4.78 is 17.6. The van der Waals surface area contributed by atoms with Crippen LogP contribution in [0.1, 0.15) is 24.1 Å². The smallest absolute Gasteiger partial charge is 0.301 e. The number of carbonyl (C=O) groups excluding carboxylic acids is 2. The molecule has 2 N–H and O–H groups in total. The predicted octanol–water partition coefficient (Wildman–Crippen LogP) is 4.80. The van der Waals surface area contributed by atoms with Gasteiger partial charge in [-0.2, -0.15) is 0 Å². The molecule has 2 aliphatic rings. The fourth-order valence-corrected chi connectivity index (χ4v) is 5.62. The Morgan fingerprint density at radius 1 is 1.05 bits per heavy atom. The van der Waals surface area contributed by atoms with Crippen LogP contribution in [0.5, 0.6) is 23.0 Å². The number of fused-ring (bicyclic) bond motifs is 2. The molecule has 1 saturated heterocycles. The van der Waals surface area contributed by atoms with Gasteiger partial charge in [0, 0.05) is 5.56 Å². The van der Waals surface area contributed by atoms with Gasteiger partial charge in [-0.05, 0) is 61.0 Å². The minimum Gasteiger partial charge on any atom is -0.508 e. The molecule has 3 aromatic carbocycles. The van der Waals surface area contributed by atoms with E-state index in [1.165, 1.54) is 28.4 Å². The van der Waals surface area contributed by atoms with Gasteiger partial charge in [-0.15, -0.1) is 0 Å². The second-order valence-electron chi connectivity index (χ2n) is 8.68. The normalized spacial score (nSPS) is 18.2. The number of phenolic OH excluding ortho intramolecular Hbond substituents is 1. The first-order valence-electron chi connectivity index (χ1n) is 12.0. The van der Waals surface area contributed by atoms with Crippen molar-refractivity contribution in [1.29, 1.82) is 0 Å². The summed E-state index contributed by atoms with van der Waals surface area (Å²) in [5.41, 5.74) is 1.38. The molecule has 0 saturated carbocycles. The fraction of sp³-hybridized carbons (Fsp3) is 0.179. The zero-order valence-corrected chi connectivity index (χ0v) is 21.0. The Morgan fingerprint density at radius 2 is 1.82 bits per heavy atom. The Hall–Kier alpha value is -4.57. The number of rotatable bonds is 5. The topological polar surface area (TPSA) is 118 Å². The van der Waals surface area contributed by atoms with Gasteiger partial charge in [0.25, 0.3) is 5.78 Å². The molecule has 10 heteroatoms. The highest BCUT2D eigenvalue weighted by atomic mass is 32.1. The number of amides is 1. The number of anilines is 1. The zero-order chi connectivity index (χ0) is 26.4. The van der Waals surface area contributed by atoms with Crippen LogP contribution in [0.2, 0.25) is 0 Å². The predicted molar refractivity (Wildman–Crippen MR) is 141 cm³/mol. The Morgan fingerprint density at radius 3 is 2.58 bits per heavy atom. The second kappa shape index (κ2) is 9.38. The first-order valence-corrected chi connectivity index (χ1v) is 12.8. The molecule has 1 unspecified atom stereocenters. The first kappa shape index (κ1) is 23.8. The minimum absolute atomic E-state index is 0.0287. The van der Waals surface area contributed by atoms with Gasteiger partial charge < -0.3 is 24.4 Å². The summed E-state index contributed by atoms with van der Waals surface area (Å²) >= 11 is 1.24. The van der Waals surface area contributed by atoms with Gasteiger partial charge in [-0.1, -0.05) is 23.5 Å². The van der Waals surface area contributed by atoms with E-state index in [1.807, 2.05) is 13.0 Å². The summed E-state index contributed by atoms with van der Waals surface area (Å²) in [7, 11) is 0. The van der Waals surface area contributed by atoms with Crippen molar-refractivity contribution in [2.24, 2.45) is 0 Å². The molecule has 2 aliphatic heterocycles. The Balaban J connectivity index is 1.51. The van der Waals surface area contributed by atoms with Gasteiger partial charge in [-0.25, -0.2) is 4.98 Å². The number of aromatic hydroxyl groups is 1. The number of aliphatic hydroxyl groups excluding tert-OH is 1. The molecule has 1 fully saturated rings. The van der Waals surface area contributed by atoms with Crippen molar-refractivity contribution in [2.75, 3.05) is 24.7 Å². The monoisotopic (exact) mass is 530 g/mol. The average molecular weight is 531 g/mol. The molecule has 1 aromatic heterocycles. The lowest BCUT2D eigenvalue weighted by molar-refractivity contribution is -0.132. The lowest BCUT2D eigenvalue weighted by atomic mass is 9.95. The van der Waals surface area contributed by atoms with Gasteiger partial charge >= 0.3 is 5.91 Å². The quantitative estimate of drug-likeness (QED) is 0.215. The van der Waals surface area contributed by atoms with Gasteiger partial charge in [0.05, 0.1) is 28.4 Å². The van der Waals surface area contributed by atoms with E-state index >= 15 is 0 Å². The molecular formula is C28H22N2O7S. The maximum absolute atomic E-state index is 13.5. The van der Waals surface area contributed by atoms with E-state index in [0.29, 0.717) is 58.8 Å². The van der Waals surface area contributed by atoms with Crippen LogP contribution in [0.4, 0.5) is 5.13 Å². The maximum Gasteiger partial charge on any atom is 0.301 e. The molecule has 0 spiro atoms. The standard InChI is InChI=1S/C28H22N2O7S/c1-2-35-18-8-9-19-22(14-18)38-28(29-19)30-24(15-3-6-17(31)7-4-15)23(26(33)27(30)34)25(32)16-5-10-20-21(13-16)37-12-11-36-20/h3-10,13-14,24,31-32H,2,11-12H2,1H3/b25-23+. The fourth-order valence-electron chi connectivity index (χ4n) is 4.60. The summed E-state index contributed by atoms with van der Waals surface area (Å²) in [4.78, 5) is 32.8. The first-order chi connectivity index (χ1) is 18.4. The van der Waals surface area contributed by atoms with E-state index in [2.05, 4.69) is 4.98 Å². The van der Waals surface area contributed by atoms with Crippen LogP contribution < -0.4 is 19.1 Å². The van der Waals surface area contributed by atoms with Crippen molar-refractivity contribution in [3.63, 3.8) is 0 Å². The number of ether oxygens (including phenoxy) is 3. The number of nitrogens with zero attached hydrogens (tertiary/aromatic N) is 2. The van der Waals surface area contributed by atoms with E-state index in [1.54, 1.807) is 42.5 Å². The average Bonchev–Trinajstić information content (AvgIpc) is 3.46. The van der Waals surface area contributed by atoms with Crippen LogP contribution in [0.15, 0.2) is 66.2 Å². The summed E-state index contributed by atoms with van der Waals surface area (Å²) in [5, 5.41) is 21.6. The Labute approximate surface area is 221 Å². The Kier molecular flexibility index (Phi) is 5.88.